The number of aliphatic hydroxyl groups is 2. The summed E-state index contributed by atoms with van der Waals surface area (Å²) < 4.78 is 36.6. The lowest BCUT2D eigenvalue weighted by molar-refractivity contribution is -0.176. The van der Waals surface area contributed by atoms with Crippen LogP contribution in [0.15, 0.2) is 12.7 Å². The molecule has 0 aromatic carbocycles. The van der Waals surface area contributed by atoms with Gasteiger partial charge in [-0.1, -0.05) is 0 Å². The molecule has 19 heteroatoms. The zero-order valence-corrected chi connectivity index (χ0v) is 15.8. The number of phosphoric acid groups is 2. The Kier molecular flexibility index (Phi) is 7.39. The average Bonchev–Trinajstić information content (AvgIpc) is 3.16. The molecule has 164 valence electrons. The van der Waals surface area contributed by atoms with Crippen LogP contribution in [0.2, 0.25) is 0 Å². The minimum Gasteiger partial charge on any atom is -0.492 e. The molecule has 17 nitrogen and oxygen atoms in total. The van der Waals surface area contributed by atoms with E-state index in [1.807, 2.05) is 0 Å². The van der Waals surface area contributed by atoms with Crippen molar-refractivity contribution in [1.29, 1.82) is 0 Å². The van der Waals surface area contributed by atoms with Crippen LogP contribution in [-0.4, -0.2) is 85.0 Å². The maximum absolute atomic E-state index is 11.5. The highest BCUT2D eigenvalue weighted by molar-refractivity contribution is 7.60. The van der Waals surface area contributed by atoms with Gasteiger partial charge in [-0.15, -0.1) is 0 Å². The summed E-state index contributed by atoms with van der Waals surface area (Å²) in [4.78, 5) is 37.6. The predicted molar refractivity (Wildman–Crippen MR) is 87.1 cm³/mol. The molecule has 3 rings (SSSR count). The normalized spacial score (nSPS) is 26.7. The molecule has 3 heterocycles. The fourth-order valence-corrected chi connectivity index (χ4v) is 4.05. The molecule has 0 aliphatic carbocycles. The third kappa shape index (κ3) is 5.52. The number of ether oxygens (including phenoxy) is 1. The molecule has 29 heavy (non-hydrogen) atoms. The third-order valence-corrected chi connectivity index (χ3v) is 5.71. The van der Waals surface area contributed by atoms with Gasteiger partial charge in [0.05, 0.1) is 12.9 Å². The van der Waals surface area contributed by atoms with E-state index in [4.69, 9.17) is 25.0 Å². The number of nitrogens with zero attached hydrogens (tertiary/aromatic N) is 4. The number of phosphoric ester groups is 1. The minimum absolute atomic E-state index is 0.0115. The Hall–Kier alpha value is -1.59. The number of fused-ring (bicyclic) bond motifs is 1. The lowest BCUT2D eigenvalue weighted by Gasteiger charge is -2.17. The number of hydrogen-bond donors (Lipinski definition) is 8. The molecular weight excluding hydrogens is 446 g/mol. The van der Waals surface area contributed by atoms with Crippen LogP contribution in [0.1, 0.15) is 6.23 Å². The van der Waals surface area contributed by atoms with Crippen molar-refractivity contribution >= 4 is 26.8 Å². The second kappa shape index (κ2) is 9.05. The van der Waals surface area contributed by atoms with E-state index in [2.05, 4.69) is 23.8 Å². The van der Waals surface area contributed by atoms with E-state index in [-0.39, 0.29) is 11.2 Å². The third-order valence-electron chi connectivity index (χ3n) is 3.56. The first-order valence-corrected chi connectivity index (χ1v) is 10.3. The Morgan fingerprint density at radius 3 is 2.38 bits per heavy atom. The van der Waals surface area contributed by atoms with Crippen LogP contribution >= 0.6 is 15.6 Å². The second-order valence-electron chi connectivity index (χ2n) is 5.40. The SMILES string of the molecule is O=P(O)(O)OP(=O)(O)OC[C@H]1O[C@@H](n2cnc3c(O)ncnc32)[C@H](O)[C@@H]1O.OO. The van der Waals surface area contributed by atoms with Gasteiger partial charge in [-0.3, -0.25) is 19.6 Å². The average molecular weight is 462 g/mol. The van der Waals surface area contributed by atoms with Gasteiger partial charge < -0.3 is 34.7 Å². The number of hydrogen-bond acceptors (Lipinski definition) is 13. The minimum atomic E-state index is -5.30. The Balaban J connectivity index is 0.00000145. The molecule has 0 spiro atoms. The van der Waals surface area contributed by atoms with E-state index in [9.17, 15) is 29.3 Å². The highest BCUT2D eigenvalue weighted by atomic mass is 31.3. The summed E-state index contributed by atoms with van der Waals surface area (Å²) in [6.07, 6.45) is -3.56. The Morgan fingerprint density at radius 2 is 1.76 bits per heavy atom. The fourth-order valence-electron chi connectivity index (χ4n) is 2.45. The van der Waals surface area contributed by atoms with Crippen molar-refractivity contribution in [3.63, 3.8) is 0 Å². The molecule has 1 saturated heterocycles. The summed E-state index contributed by atoms with van der Waals surface area (Å²) in [5.74, 6) is -0.414. The molecule has 0 bridgehead atoms. The van der Waals surface area contributed by atoms with Crippen LogP contribution in [0, 0.1) is 0 Å². The van der Waals surface area contributed by atoms with Gasteiger partial charge in [0, 0.05) is 0 Å². The smallest absolute Gasteiger partial charge is 0.481 e. The van der Waals surface area contributed by atoms with E-state index in [1.165, 1.54) is 4.57 Å². The number of aromatic hydroxyl groups is 1. The van der Waals surface area contributed by atoms with Gasteiger partial charge in [-0.25, -0.2) is 19.1 Å². The van der Waals surface area contributed by atoms with Crippen molar-refractivity contribution in [2.24, 2.45) is 0 Å². The zero-order chi connectivity index (χ0) is 22.0. The summed E-state index contributed by atoms with van der Waals surface area (Å²) in [6.45, 7) is -0.838. The lowest BCUT2D eigenvalue weighted by Crippen LogP contribution is -2.33. The van der Waals surface area contributed by atoms with Crippen molar-refractivity contribution in [2.75, 3.05) is 6.61 Å². The van der Waals surface area contributed by atoms with Gasteiger partial charge in [0.1, 0.15) is 24.6 Å². The van der Waals surface area contributed by atoms with Crippen molar-refractivity contribution in [3.05, 3.63) is 12.7 Å². The van der Waals surface area contributed by atoms with Gasteiger partial charge in [0.15, 0.2) is 17.4 Å². The second-order valence-corrected chi connectivity index (χ2v) is 8.23. The first-order valence-electron chi connectivity index (χ1n) is 7.31. The Labute approximate surface area is 160 Å². The summed E-state index contributed by atoms with van der Waals surface area (Å²) >= 11 is 0. The lowest BCUT2D eigenvalue weighted by atomic mass is 10.1. The molecule has 1 unspecified atom stereocenters. The van der Waals surface area contributed by atoms with E-state index in [1.54, 1.807) is 0 Å². The molecule has 2 aromatic heterocycles. The summed E-state index contributed by atoms with van der Waals surface area (Å²) in [7, 11) is -10.4. The van der Waals surface area contributed by atoms with E-state index in [0.717, 1.165) is 12.7 Å². The van der Waals surface area contributed by atoms with E-state index >= 15 is 0 Å². The maximum atomic E-state index is 11.5. The molecule has 0 radical (unpaired) electrons. The number of aliphatic hydroxyl groups excluding tert-OH is 2. The van der Waals surface area contributed by atoms with Crippen LogP contribution in [-0.2, 0) is 22.7 Å². The standard InChI is InChI=1S/C10H14N4O11P2.H2O2/c15-6-4(1-23-27(21,22)25-26(18,19)20)24-10(7(6)16)14-3-13-5-8(14)11-2-12-9(5)17;1-2/h2-4,6-7,10,15-16H,1H2,(H,21,22)(H,11,12,17)(H2,18,19,20);1-2H/t4-,6-,7-,10-;/m1./s1. The molecular formula is C10H16N4O13P2. The van der Waals surface area contributed by atoms with Crippen LogP contribution in [0.4, 0.5) is 0 Å². The van der Waals surface area contributed by atoms with Crippen molar-refractivity contribution in [2.45, 2.75) is 24.5 Å². The maximum Gasteiger partial charge on any atom is 0.481 e. The molecule has 1 aliphatic heterocycles. The van der Waals surface area contributed by atoms with Gasteiger partial charge in [-0.05, 0) is 0 Å². The zero-order valence-electron chi connectivity index (χ0n) is 14.0. The van der Waals surface area contributed by atoms with Crippen LogP contribution in [0.5, 0.6) is 5.88 Å². The molecule has 0 amide bonds. The summed E-state index contributed by atoms with van der Waals surface area (Å²) in [5, 5.41) is 41.8. The van der Waals surface area contributed by atoms with Gasteiger partial charge in [0.2, 0.25) is 5.88 Å². The predicted octanol–water partition coefficient (Wildman–Crippen LogP) is -1.61. The highest BCUT2D eigenvalue weighted by Crippen LogP contribution is 2.57. The first-order chi connectivity index (χ1) is 13.5. The summed E-state index contributed by atoms with van der Waals surface area (Å²) in [6, 6.07) is 0. The highest BCUT2D eigenvalue weighted by Gasteiger charge is 2.46. The first kappa shape index (κ1) is 23.7. The van der Waals surface area contributed by atoms with Crippen LogP contribution < -0.4 is 0 Å². The molecule has 8 N–H and O–H groups in total. The van der Waals surface area contributed by atoms with Crippen molar-refractivity contribution < 1.29 is 63.2 Å². The number of rotatable bonds is 6. The Bertz CT molecular complexity index is 933. The van der Waals surface area contributed by atoms with E-state index in [0.29, 0.717) is 0 Å². The molecule has 1 aliphatic rings. The van der Waals surface area contributed by atoms with Gasteiger partial charge in [-0.2, -0.15) is 9.29 Å². The van der Waals surface area contributed by atoms with Crippen molar-refractivity contribution in [1.82, 2.24) is 19.5 Å². The molecule has 1 fully saturated rings. The topological polar surface area (TPSA) is 267 Å². The fraction of sp³-hybridized carbons (Fsp3) is 0.500. The molecule has 2 aromatic rings. The number of imidazole rings is 1. The number of aromatic nitrogens is 4. The monoisotopic (exact) mass is 462 g/mol. The van der Waals surface area contributed by atoms with Crippen LogP contribution in [0.25, 0.3) is 11.2 Å². The van der Waals surface area contributed by atoms with Gasteiger partial charge >= 0.3 is 15.6 Å². The van der Waals surface area contributed by atoms with Crippen LogP contribution in [0.3, 0.4) is 0 Å². The molecule has 0 saturated carbocycles. The largest absolute Gasteiger partial charge is 0.492 e. The quantitative estimate of drug-likeness (QED) is 0.136. The van der Waals surface area contributed by atoms with Gasteiger partial charge in [0.25, 0.3) is 0 Å². The molecule has 5 atom stereocenters. The van der Waals surface area contributed by atoms with Crippen molar-refractivity contribution in [3.8, 4) is 5.88 Å². The Morgan fingerprint density at radius 1 is 1.10 bits per heavy atom. The van der Waals surface area contributed by atoms with E-state index < -0.39 is 52.7 Å². The summed E-state index contributed by atoms with van der Waals surface area (Å²) in [5.41, 5.74) is 0.0929.